The number of hydrogen-bond acceptors (Lipinski definition) is 4. The van der Waals surface area contributed by atoms with Crippen molar-refractivity contribution in [3.05, 3.63) is 0 Å². The highest BCUT2D eigenvalue weighted by molar-refractivity contribution is 8.00. The zero-order chi connectivity index (χ0) is 19.5. The van der Waals surface area contributed by atoms with Crippen LogP contribution >= 0.6 is 11.8 Å². The Morgan fingerprint density at radius 2 is 1.89 bits per heavy atom. The maximum absolute atomic E-state index is 12.7. The van der Waals surface area contributed by atoms with Crippen LogP contribution in [0.15, 0.2) is 0 Å². The summed E-state index contributed by atoms with van der Waals surface area (Å²) < 4.78 is 0. The Kier molecular flexibility index (Phi) is 4.98. The number of nitrogens with one attached hydrogen (secondary N) is 1. The molecule has 0 spiro atoms. The predicted octanol–water partition coefficient (Wildman–Crippen LogP) is 4.49. The lowest BCUT2D eigenvalue weighted by Gasteiger charge is -2.62. The summed E-state index contributed by atoms with van der Waals surface area (Å²) in [6.45, 7) is 7.15. The van der Waals surface area contributed by atoms with Gasteiger partial charge in [-0.1, -0.05) is 13.8 Å². The molecule has 5 fully saturated rings. The molecule has 4 saturated carbocycles. The maximum Gasteiger partial charge on any atom is 0.139 e. The summed E-state index contributed by atoms with van der Waals surface area (Å²) in [7, 11) is 0. The molecule has 1 saturated heterocycles. The minimum Gasteiger partial charge on any atom is -0.316 e. The first kappa shape index (κ1) is 19.6. The van der Waals surface area contributed by atoms with Gasteiger partial charge in [-0.2, -0.15) is 11.8 Å². The second-order valence-electron chi connectivity index (χ2n) is 11.1. The largest absolute Gasteiger partial charge is 0.316 e. The third kappa shape index (κ3) is 2.87. The first-order chi connectivity index (χ1) is 13.5. The van der Waals surface area contributed by atoms with E-state index in [4.69, 9.17) is 0 Å². The highest BCUT2D eigenvalue weighted by Crippen LogP contribution is 2.67. The summed E-state index contributed by atoms with van der Waals surface area (Å²) >= 11 is 2.24. The molecule has 3 nitrogen and oxygen atoms in total. The number of aldehydes is 1. The normalized spacial score (nSPS) is 53.4. The minimum atomic E-state index is -0.131. The molecule has 4 heteroatoms. The monoisotopic (exact) mass is 403 g/mol. The van der Waals surface area contributed by atoms with Gasteiger partial charge in [0.05, 0.1) is 0 Å². The zero-order valence-electron chi connectivity index (χ0n) is 17.6. The first-order valence-corrected chi connectivity index (χ1v) is 12.7. The highest BCUT2D eigenvalue weighted by atomic mass is 32.2. The van der Waals surface area contributed by atoms with Gasteiger partial charge in [-0.05, 0) is 87.0 Å². The number of ketones is 1. The Bertz CT molecular complexity index is 647. The van der Waals surface area contributed by atoms with E-state index in [2.05, 4.69) is 30.9 Å². The van der Waals surface area contributed by atoms with Gasteiger partial charge in [0, 0.05) is 34.8 Å². The van der Waals surface area contributed by atoms with Crippen LogP contribution in [0.2, 0.25) is 0 Å². The molecular weight excluding hydrogens is 366 g/mol. The van der Waals surface area contributed by atoms with E-state index in [0.29, 0.717) is 34.9 Å². The molecule has 1 aliphatic heterocycles. The number of thioether (sulfide) groups is 1. The fraction of sp³-hybridized carbons (Fsp3) is 0.917. The second kappa shape index (κ2) is 7.11. The SMILES string of the molecule is C[C@]12CC[C@@H](S[C@H]3CCNC3)CC1CC(C=O)[C@@H]1[C@@H]2CC[C@]2(C)C(=O)CC[C@@H]12. The molecule has 0 aromatic heterocycles. The van der Waals surface area contributed by atoms with Crippen molar-refractivity contribution in [1.82, 2.24) is 5.32 Å². The number of Topliss-reactive ketones (excluding diaryl/α,β-unsaturated/α-hetero) is 1. The van der Waals surface area contributed by atoms with Crippen molar-refractivity contribution < 1.29 is 9.59 Å². The minimum absolute atomic E-state index is 0.131. The van der Waals surface area contributed by atoms with Crippen molar-refractivity contribution >= 4 is 23.8 Å². The van der Waals surface area contributed by atoms with Crippen LogP contribution in [0.5, 0.6) is 0 Å². The van der Waals surface area contributed by atoms with Crippen LogP contribution < -0.4 is 5.32 Å². The number of rotatable bonds is 3. The van der Waals surface area contributed by atoms with E-state index in [1.165, 1.54) is 51.5 Å². The van der Waals surface area contributed by atoms with Crippen molar-refractivity contribution in [2.45, 2.75) is 82.1 Å². The molecule has 0 amide bonds. The average Bonchev–Trinajstić information content (AvgIpc) is 3.30. The number of carbonyl (C=O) groups is 2. The summed E-state index contributed by atoms with van der Waals surface area (Å²) in [4.78, 5) is 24.9. The summed E-state index contributed by atoms with van der Waals surface area (Å²) in [5, 5.41) is 5.10. The van der Waals surface area contributed by atoms with Gasteiger partial charge in [0.1, 0.15) is 12.1 Å². The van der Waals surface area contributed by atoms with Crippen LogP contribution in [0.3, 0.4) is 0 Å². The van der Waals surface area contributed by atoms with Crippen LogP contribution in [-0.4, -0.2) is 35.7 Å². The van der Waals surface area contributed by atoms with E-state index in [1.807, 2.05) is 0 Å². The Morgan fingerprint density at radius 1 is 1.04 bits per heavy atom. The third-order valence-corrected chi connectivity index (χ3v) is 11.6. The summed E-state index contributed by atoms with van der Waals surface area (Å²) in [5.41, 5.74) is 0.260. The van der Waals surface area contributed by atoms with Crippen LogP contribution in [0.1, 0.15) is 71.6 Å². The van der Waals surface area contributed by atoms with Crippen molar-refractivity contribution in [3.63, 3.8) is 0 Å². The molecule has 9 atom stereocenters. The summed E-state index contributed by atoms with van der Waals surface area (Å²) in [5.74, 6) is 2.96. The lowest BCUT2D eigenvalue weighted by atomic mass is 9.43. The highest BCUT2D eigenvalue weighted by Gasteiger charge is 2.62. The molecule has 0 aromatic rings. The third-order valence-electron chi connectivity index (χ3n) is 10.00. The van der Waals surface area contributed by atoms with Gasteiger partial charge in [0.15, 0.2) is 0 Å². The summed E-state index contributed by atoms with van der Waals surface area (Å²) in [6, 6.07) is 0. The van der Waals surface area contributed by atoms with Gasteiger partial charge >= 0.3 is 0 Å². The van der Waals surface area contributed by atoms with E-state index in [9.17, 15) is 9.59 Å². The number of hydrogen-bond donors (Lipinski definition) is 1. The Balaban J connectivity index is 1.37. The average molecular weight is 404 g/mol. The fourth-order valence-electron chi connectivity index (χ4n) is 8.34. The number of carbonyl (C=O) groups excluding carboxylic acids is 2. The lowest BCUT2D eigenvalue weighted by Crippen LogP contribution is -2.57. The quantitative estimate of drug-likeness (QED) is 0.706. The topological polar surface area (TPSA) is 46.2 Å². The van der Waals surface area contributed by atoms with Gasteiger partial charge in [-0.15, -0.1) is 0 Å². The molecule has 28 heavy (non-hydrogen) atoms. The standard InChI is InChI=1S/C24H37NO2S/c1-23-8-5-17(28-18-7-10-25-13-18)12-16(23)11-15(14-26)22-19-3-4-21(27)24(19,2)9-6-20(22)23/h14-20,22,25H,3-13H2,1-2H3/t15?,16?,17-,18+,19+,20+,22+,23+,24+/m1/s1. The van der Waals surface area contributed by atoms with Crippen molar-refractivity contribution in [2.24, 2.45) is 40.4 Å². The van der Waals surface area contributed by atoms with Gasteiger partial charge < -0.3 is 10.1 Å². The van der Waals surface area contributed by atoms with Crippen molar-refractivity contribution in [2.75, 3.05) is 13.1 Å². The van der Waals surface area contributed by atoms with E-state index < -0.39 is 0 Å². The molecule has 156 valence electrons. The molecule has 2 unspecified atom stereocenters. The molecule has 0 radical (unpaired) electrons. The molecule has 5 aliphatic rings. The fourth-order valence-corrected chi connectivity index (χ4v) is 9.95. The molecule has 1 N–H and O–H groups in total. The molecule has 1 heterocycles. The first-order valence-electron chi connectivity index (χ1n) is 11.8. The zero-order valence-corrected chi connectivity index (χ0v) is 18.4. The van der Waals surface area contributed by atoms with E-state index >= 15 is 0 Å². The lowest BCUT2D eigenvalue weighted by molar-refractivity contribution is -0.152. The van der Waals surface area contributed by atoms with Crippen molar-refractivity contribution in [1.29, 1.82) is 0 Å². The predicted molar refractivity (Wildman–Crippen MR) is 114 cm³/mol. The van der Waals surface area contributed by atoms with E-state index in [1.54, 1.807) is 0 Å². The molecule has 5 rings (SSSR count). The van der Waals surface area contributed by atoms with E-state index in [-0.39, 0.29) is 11.3 Å². The molecular formula is C24H37NO2S. The van der Waals surface area contributed by atoms with Crippen LogP contribution in [0.25, 0.3) is 0 Å². The summed E-state index contributed by atoms with van der Waals surface area (Å²) in [6.07, 6.45) is 11.7. The van der Waals surface area contributed by atoms with Crippen LogP contribution in [0.4, 0.5) is 0 Å². The van der Waals surface area contributed by atoms with Gasteiger partial charge in [0.25, 0.3) is 0 Å². The Labute approximate surface area is 174 Å². The van der Waals surface area contributed by atoms with Crippen LogP contribution in [0, 0.1) is 40.4 Å². The smallest absolute Gasteiger partial charge is 0.139 e. The van der Waals surface area contributed by atoms with Crippen molar-refractivity contribution in [3.8, 4) is 0 Å². The molecule has 0 bridgehead atoms. The van der Waals surface area contributed by atoms with Gasteiger partial charge in [-0.3, -0.25) is 4.79 Å². The molecule has 4 aliphatic carbocycles. The molecule has 0 aromatic carbocycles. The second-order valence-corrected chi connectivity index (χ2v) is 12.7. The van der Waals surface area contributed by atoms with Crippen LogP contribution in [-0.2, 0) is 9.59 Å². The number of fused-ring (bicyclic) bond motifs is 5. The Hall–Kier alpha value is -0.350. The van der Waals surface area contributed by atoms with Gasteiger partial charge in [-0.25, -0.2) is 0 Å². The van der Waals surface area contributed by atoms with E-state index in [0.717, 1.165) is 36.2 Å². The van der Waals surface area contributed by atoms with Gasteiger partial charge in [0.2, 0.25) is 0 Å². The maximum atomic E-state index is 12.7. The Morgan fingerprint density at radius 3 is 2.64 bits per heavy atom.